The first kappa shape index (κ1) is 18.9. The largest absolute Gasteiger partial charge is 0.339 e. The van der Waals surface area contributed by atoms with Crippen molar-refractivity contribution in [2.24, 2.45) is 11.7 Å². The molecule has 0 bridgehead atoms. The monoisotopic (exact) mass is 358 g/mol. The van der Waals surface area contributed by atoms with E-state index in [1.54, 1.807) is 0 Å². The molecule has 1 aliphatic heterocycles. The van der Waals surface area contributed by atoms with Gasteiger partial charge < -0.3 is 15.5 Å². The van der Waals surface area contributed by atoms with Crippen molar-refractivity contribution in [2.45, 2.75) is 19.3 Å². The maximum atomic E-state index is 12.7. The van der Waals surface area contributed by atoms with Crippen LogP contribution in [-0.2, 0) is 16.0 Å². The maximum Gasteiger partial charge on any atom is 0.236 e. The summed E-state index contributed by atoms with van der Waals surface area (Å²) in [6, 6.07) is 10.3. The van der Waals surface area contributed by atoms with Gasteiger partial charge in [-0.3, -0.25) is 14.5 Å². The standard InChI is InChI=1S/C20H30N4O2/c21-9-11-22(10-8-17-4-2-1-3-5-17)16-19(25)23-12-14-24(15-13-23)20(26)18-6-7-18/h1-5,18H,6-16,21H2. The van der Waals surface area contributed by atoms with Gasteiger partial charge in [0.15, 0.2) is 0 Å². The van der Waals surface area contributed by atoms with Crippen LogP contribution in [0.4, 0.5) is 0 Å². The fraction of sp³-hybridized carbons (Fsp3) is 0.600. The predicted octanol–water partition coefficient (Wildman–Crippen LogP) is 0.571. The number of nitrogens with two attached hydrogens (primary N) is 1. The number of amides is 2. The summed E-state index contributed by atoms with van der Waals surface area (Å²) in [6.07, 6.45) is 2.98. The number of hydrogen-bond donors (Lipinski definition) is 1. The molecular formula is C20H30N4O2. The molecule has 6 nitrogen and oxygen atoms in total. The van der Waals surface area contributed by atoms with Gasteiger partial charge in [-0.2, -0.15) is 0 Å². The van der Waals surface area contributed by atoms with Gasteiger partial charge >= 0.3 is 0 Å². The molecule has 2 N–H and O–H groups in total. The predicted molar refractivity (Wildman–Crippen MR) is 102 cm³/mol. The summed E-state index contributed by atoms with van der Waals surface area (Å²) >= 11 is 0. The molecule has 0 spiro atoms. The van der Waals surface area contributed by atoms with Crippen molar-refractivity contribution in [1.29, 1.82) is 0 Å². The van der Waals surface area contributed by atoms with E-state index in [0.29, 0.717) is 39.3 Å². The van der Waals surface area contributed by atoms with Gasteiger partial charge in [-0.05, 0) is 24.8 Å². The topological polar surface area (TPSA) is 69.9 Å². The Balaban J connectivity index is 1.44. The summed E-state index contributed by atoms with van der Waals surface area (Å²) in [4.78, 5) is 30.7. The van der Waals surface area contributed by atoms with Crippen molar-refractivity contribution in [3.63, 3.8) is 0 Å². The molecule has 1 saturated heterocycles. The van der Waals surface area contributed by atoms with Crippen LogP contribution in [0.1, 0.15) is 18.4 Å². The minimum atomic E-state index is 0.144. The van der Waals surface area contributed by atoms with E-state index in [1.807, 2.05) is 28.0 Å². The average Bonchev–Trinajstić information content (AvgIpc) is 3.52. The summed E-state index contributed by atoms with van der Waals surface area (Å²) in [6.45, 7) is 5.13. The van der Waals surface area contributed by atoms with Gasteiger partial charge in [-0.1, -0.05) is 30.3 Å². The van der Waals surface area contributed by atoms with E-state index in [9.17, 15) is 9.59 Å². The van der Waals surface area contributed by atoms with Gasteiger partial charge in [0.1, 0.15) is 0 Å². The van der Waals surface area contributed by atoms with E-state index in [2.05, 4.69) is 17.0 Å². The van der Waals surface area contributed by atoms with Crippen LogP contribution in [-0.4, -0.2) is 78.9 Å². The third-order valence-electron chi connectivity index (χ3n) is 5.23. The Kier molecular flexibility index (Phi) is 6.63. The van der Waals surface area contributed by atoms with Crippen LogP contribution >= 0.6 is 0 Å². The molecule has 142 valence electrons. The Morgan fingerprint density at radius 1 is 1.00 bits per heavy atom. The Labute approximate surface area is 155 Å². The fourth-order valence-electron chi connectivity index (χ4n) is 3.44. The zero-order chi connectivity index (χ0) is 18.4. The van der Waals surface area contributed by atoms with Gasteiger partial charge in [-0.25, -0.2) is 0 Å². The van der Waals surface area contributed by atoms with Gasteiger partial charge in [0.25, 0.3) is 0 Å². The third kappa shape index (κ3) is 5.29. The van der Waals surface area contributed by atoms with Gasteiger partial charge in [-0.15, -0.1) is 0 Å². The normalized spacial score (nSPS) is 17.6. The van der Waals surface area contributed by atoms with E-state index < -0.39 is 0 Å². The number of hydrogen-bond acceptors (Lipinski definition) is 4. The number of piperazine rings is 1. The van der Waals surface area contributed by atoms with Gasteiger partial charge in [0, 0.05) is 51.7 Å². The highest BCUT2D eigenvalue weighted by atomic mass is 16.2. The molecule has 1 aromatic rings. The highest BCUT2D eigenvalue weighted by Crippen LogP contribution is 2.31. The minimum absolute atomic E-state index is 0.144. The molecule has 0 atom stereocenters. The van der Waals surface area contributed by atoms with Crippen molar-refractivity contribution in [1.82, 2.24) is 14.7 Å². The first-order valence-corrected chi connectivity index (χ1v) is 9.70. The van der Waals surface area contributed by atoms with E-state index in [4.69, 9.17) is 5.73 Å². The molecule has 1 aromatic carbocycles. The second kappa shape index (κ2) is 9.14. The molecule has 2 fully saturated rings. The van der Waals surface area contributed by atoms with E-state index >= 15 is 0 Å². The highest BCUT2D eigenvalue weighted by molar-refractivity contribution is 5.82. The van der Waals surface area contributed by atoms with Crippen LogP contribution in [0.25, 0.3) is 0 Å². The Morgan fingerprint density at radius 3 is 2.27 bits per heavy atom. The Morgan fingerprint density at radius 2 is 1.65 bits per heavy atom. The van der Waals surface area contributed by atoms with Crippen molar-refractivity contribution in [3.05, 3.63) is 35.9 Å². The van der Waals surface area contributed by atoms with E-state index in [1.165, 1.54) is 5.56 Å². The van der Waals surface area contributed by atoms with Crippen molar-refractivity contribution in [2.75, 3.05) is 52.4 Å². The lowest BCUT2D eigenvalue weighted by Crippen LogP contribution is -2.53. The zero-order valence-electron chi connectivity index (χ0n) is 15.5. The van der Waals surface area contributed by atoms with Crippen LogP contribution in [0.2, 0.25) is 0 Å². The van der Waals surface area contributed by atoms with Crippen molar-refractivity contribution in [3.8, 4) is 0 Å². The summed E-state index contributed by atoms with van der Waals surface area (Å²) in [5.74, 6) is 0.685. The molecule has 0 aromatic heterocycles. The maximum absolute atomic E-state index is 12.7. The highest BCUT2D eigenvalue weighted by Gasteiger charge is 2.35. The minimum Gasteiger partial charge on any atom is -0.339 e. The number of carbonyl (C=O) groups excluding carboxylic acids is 2. The molecule has 3 rings (SSSR count). The number of carbonyl (C=O) groups is 2. The van der Waals surface area contributed by atoms with Gasteiger partial charge in [0.05, 0.1) is 6.54 Å². The lowest BCUT2D eigenvalue weighted by molar-refractivity contribution is -0.140. The van der Waals surface area contributed by atoms with Crippen LogP contribution in [0, 0.1) is 5.92 Å². The average molecular weight is 358 g/mol. The molecule has 6 heteroatoms. The number of nitrogens with zero attached hydrogens (tertiary/aromatic N) is 3. The molecule has 1 heterocycles. The second-order valence-electron chi connectivity index (χ2n) is 7.28. The van der Waals surface area contributed by atoms with Crippen molar-refractivity contribution >= 4 is 11.8 Å². The molecule has 1 saturated carbocycles. The molecule has 0 radical (unpaired) electrons. The molecule has 2 aliphatic rings. The SMILES string of the molecule is NCCN(CCc1ccccc1)CC(=O)N1CCN(C(=O)C2CC2)CC1. The van der Waals surface area contributed by atoms with Crippen LogP contribution in [0.5, 0.6) is 0 Å². The van der Waals surface area contributed by atoms with E-state index in [-0.39, 0.29) is 17.7 Å². The number of rotatable bonds is 8. The first-order valence-electron chi connectivity index (χ1n) is 9.70. The van der Waals surface area contributed by atoms with Crippen LogP contribution in [0.15, 0.2) is 30.3 Å². The lowest BCUT2D eigenvalue weighted by Gasteiger charge is -2.36. The molecule has 2 amide bonds. The smallest absolute Gasteiger partial charge is 0.236 e. The Bertz CT molecular complexity index is 595. The Hall–Kier alpha value is -1.92. The quantitative estimate of drug-likeness (QED) is 0.738. The summed E-state index contributed by atoms with van der Waals surface area (Å²) in [7, 11) is 0. The second-order valence-corrected chi connectivity index (χ2v) is 7.28. The lowest BCUT2D eigenvalue weighted by atomic mass is 10.1. The molecule has 1 aliphatic carbocycles. The first-order chi connectivity index (χ1) is 12.7. The van der Waals surface area contributed by atoms with E-state index in [0.717, 1.165) is 32.4 Å². The zero-order valence-corrected chi connectivity index (χ0v) is 15.5. The fourth-order valence-corrected chi connectivity index (χ4v) is 3.44. The van der Waals surface area contributed by atoms with Crippen LogP contribution < -0.4 is 5.73 Å². The summed E-state index contributed by atoms with van der Waals surface area (Å²) < 4.78 is 0. The molecule has 26 heavy (non-hydrogen) atoms. The molecular weight excluding hydrogens is 328 g/mol. The molecule has 0 unspecified atom stereocenters. The number of benzene rings is 1. The van der Waals surface area contributed by atoms with Crippen LogP contribution in [0.3, 0.4) is 0 Å². The third-order valence-corrected chi connectivity index (χ3v) is 5.23. The van der Waals surface area contributed by atoms with Gasteiger partial charge in [0.2, 0.25) is 11.8 Å². The summed E-state index contributed by atoms with van der Waals surface area (Å²) in [5, 5.41) is 0. The van der Waals surface area contributed by atoms with Crippen molar-refractivity contribution < 1.29 is 9.59 Å². The summed E-state index contributed by atoms with van der Waals surface area (Å²) in [5.41, 5.74) is 7.00.